The van der Waals surface area contributed by atoms with Crippen molar-refractivity contribution in [3.63, 3.8) is 0 Å². The van der Waals surface area contributed by atoms with Gasteiger partial charge in [-0.1, -0.05) is 12.1 Å². The molecular formula is C10H10F3NS. The topological polar surface area (TPSA) is 26.0 Å². The molecule has 0 aromatic heterocycles. The van der Waals surface area contributed by atoms with Gasteiger partial charge in [0.25, 0.3) is 0 Å². The molecule has 82 valence electrons. The maximum atomic E-state index is 12.0. The highest BCUT2D eigenvalue weighted by atomic mass is 32.2. The fourth-order valence-electron chi connectivity index (χ4n) is 1.51. The Balaban J connectivity index is 2.04. The minimum Gasteiger partial charge on any atom is -0.327 e. The average Bonchev–Trinajstić information content (AvgIpc) is 2.81. The molecule has 0 spiro atoms. The Morgan fingerprint density at radius 3 is 2.13 bits per heavy atom. The SMILES string of the molecule is N[C@@H]1C[C@H]1c1ccc(SC(F)(F)F)cc1. The van der Waals surface area contributed by atoms with Gasteiger partial charge in [0.15, 0.2) is 0 Å². The molecule has 1 saturated carbocycles. The van der Waals surface area contributed by atoms with Crippen molar-refractivity contribution < 1.29 is 13.2 Å². The number of thioether (sulfide) groups is 1. The molecular weight excluding hydrogens is 223 g/mol. The van der Waals surface area contributed by atoms with Gasteiger partial charge in [-0.2, -0.15) is 13.2 Å². The van der Waals surface area contributed by atoms with E-state index in [2.05, 4.69) is 0 Å². The first-order valence-electron chi connectivity index (χ1n) is 4.57. The van der Waals surface area contributed by atoms with Crippen LogP contribution in [-0.4, -0.2) is 11.6 Å². The second kappa shape index (κ2) is 3.72. The van der Waals surface area contributed by atoms with E-state index >= 15 is 0 Å². The molecule has 1 fully saturated rings. The average molecular weight is 233 g/mol. The maximum absolute atomic E-state index is 12.0. The summed E-state index contributed by atoms with van der Waals surface area (Å²) in [6, 6.07) is 6.64. The van der Waals surface area contributed by atoms with Crippen LogP contribution < -0.4 is 5.73 Å². The minimum absolute atomic E-state index is 0.0889. The van der Waals surface area contributed by atoms with Crippen molar-refractivity contribution in [3.8, 4) is 0 Å². The van der Waals surface area contributed by atoms with Crippen LogP contribution in [0.4, 0.5) is 13.2 Å². The van der Waals surface area contributed by atoms with E-state index in [4.69, 9.17) is 5.73 Å². The molecule has 0 bridgehead atoms. The summed E-state index contributed by atoms with van der Waals surface area (Å²) >= 11 is -0.0889. The van der Waals surface area contributed by atoms with Gasteiger partial charge in [-0.05, 0) is 35.9 Å². The van der Waals surface area contributed by atoms with Gasteiger partial charge in [0.2, 0.25) is 0 Å². The summed E-state index contributed by atoms with van der Waals surface area (Å²) in [7, 11) is 0. The molecule has 1 aromatic rings. The summed E-state index contributed by atoms with van der Waals surface area (Å²) in [5.41, 5.74) is 2.48. The van der Waals surface area contributed by atoms with Crippen molar-refractivity contribution in [3.05, 3.63) is 29.8 Å². The molecule has 5 heteroatoms. The number of hydrogen-bond donors (Lipinski definition) is 1. The van der Waals surface area contributed by atoms with E-state index < -0.39 is 5.51 Å². The second-order valence-corrected chi connectivity index (χ2v) is 4.76. The third-order valence-corrected chi connectivity index (χ3v) is 3.12. The van der Waals surface area contributed by atoms with Gasteiger partial charge in [0.05, 0.1) is 0 Å². The Labute approximate surface area is 89.8 Å². The maximum Gasteiger partial charge on any atom is 0.446 e. The lowest BCUT2D eigenvalue weighted by Gasteiger charge is -2.06. The van der Waals surface area contributed by atoms with Crippen molar-refractivity contribution in [1.82, 2.24) is 0 Å². The molecule has 0 amide bonds. The molecule has 2 N–H and O–H groups in total. The summed E-state index contributed by atoms with van der Waals surface area (Å²) in [5.74, 6) is 0.343. The number of halogens is 3. The highest BCUT2D eigenvalue weighted by Crippen LogP contribution is 2.41. The number of alkyl halides is 3. The number of benzene rings is 1. The van der Waals surface area contributed by atoms with E-state index in [1.165, 1.54) is 12.1 Å². The molecule has 0 aliphatic heterocycles. The minimum atomic E-state index is -4.21. The Morgan fingerprint density at radius 1 is 1.20 bits per heavy atom. The normalized spacial score (nSPS) is 25.3. The largest absolute Gasteiger partial charge is 0.446 e. The molecule has 1 aromatic carbocycles. The predicted octanol–water partition coefficient (Wildman–Crippen LogP) is 3.11. The molecule has 0 radical (unpaired) electrons. The Bertz CT molecular complexity index is 347. The predicted molar refractivity (Wildman–Crippen MR) is 53.7 cm³/mol. The standard InChI is InChI=1S/C10H10F3NS/c11-10(12,13)15-7-3-1-6(2-4-7)8-5-9(8)14/h1-4,8-9H,5,14H2/t8-,9+/m0/s1. The molecule has 2 atom stereocenters. The monoisotopic (exact) mass is 233 g/mol. The first kappa shape index (κ1) is 10.8. The zero-order chi connectivity index (χ0) is 11.1. The van der Waals surface area contributed by atoms with Crippen LogP contribution in [0.1, 0.15) is 17.9 Å². The number of nitrogens with two attached hydrogens (primary N) is 1. The highest BCUT2D eigenvalue weighted by Gasteiger charge is 2.35. The van der Waals surface area contributed by atoms with Gasteiger partial charge in [0, 0.05) is 16.9 Å². The smallest absolute Gasteiger partial charge is 0.327 e. The molecule has 15 heavy (non-hydrogen) atoms. The lowest BCUT2D eigenvalue weighted by molar-refractivity contribution is -0.0328. The van der Waals surface area contributed by atoms with E-state index in [1.54, 1.807) is 12.1 Å². The van der Waals surface area contributed by atoms with Crippen LogP contribution in [0.5, 0.6) is 0 Å². The zero-order valence-corrected chi connectivity index (χ0v) is 8.61. The molecule has 0 saturated heterocycles. The quantitative estimate of drug-likeness (QED) is 0.794. The van der Waals surface area contributed by atoms with Crippen LogP contribution in [-0.2, 0) is 0 Å². The van der Waals surface area contributed by atoms with Crippen molar-refractivity contribution in [2.24, 2.45) is 5.73 Å². The van der Waals surface area contributed by atoms with Gasteiger partial charge >= 0.3 is 5.51 Å². The van der Waals surface area contributed by atoms with Crippen molar-refractivity contribution in [2.45, 2.75) is 28.8 Å². The zero-order valence-electron chi connectivity index (χ0n) is 7.79. The summed E-state index contributed by atoms with van der Waals surface area (Å²) in [5, 5.41) is 0. The van der Waals surface area contributed by atoms with Crippen LogP contribution in [0.25, 0.3) is 0 Å². The molecule has 0 unspecified atom stereocenters. The third kappa shape index (κ3) is 2.89. The summed E-state index contributed by atoms with van der Waals surface area (Å²) in [6.45, 7) is 0. The van der Waals surface area contributed by atoms with E-state index in [-0.39, 0.29) is 22.7 Å². The van der Waals surface area contributed by atoms with Crippen molar-refractivity contribution in [2.75, 3.05) is 0 Å². The Hall–Kier alpha value is -0.680. The van der Waals surface area contributed by atoms with E-state index in [1.807, 2.05) is 0 Å². The second-order valence-electron chi connectivity index (χ2n) is 3.62. The van der Waals surface area contributed by atoms with E-state index in [9.17, 15) is 13.2 Å². The van der Waals surface area contributed by atoms with Gasteiger partial charge in [-0.15, -0.1) is 0 Å². The molecule has 0 heterocycles. The molecule has 2 rings (SSSR count). The van der Waals surface area contributed by atoms with Crippen LogP contribution in [0.3, 0.4) is 0 Å². The molecule has 1 aliphatic carbocycles. The van der Waals surface area contributed by atoms with E-state index in [0.29, 0.717) is 5.92 Å². The van der Waals surface area contributed by atoms with Gasteiger partial charge < -0.3 is 5.73 Å². The lowest BCUT2D eigenvalue weighted by atomic mass is 10.1. The van der Waals surface area contributed by atoms with Gasteiger partial charge in [-0.25, -0.2) is 0 Å². The van der Waals surface area contributed by atoms with Crippen LogP contribution in [0, 0.1) is 0 Å². The lowest BCUT2D eigenvalue weighted by Crippen LogP contribution is -2.01. The number of rotatable bonds is 2. The third-order valence-electron chi connectivity index (χ3n) is 2.38. The van der Waals surface area contributed by atoms with Crippen LogP contribution in [0.15, 0.2) is 29.2 Å². The Morgan fingerprint density at radius 2 is 1.73 bits per heavy atom. The number of hydrogen-bond acceptors (Lipinski definition) is 2. The summed E-state index contributed by atoms with van der Waals surface area (Å²) < 4.78 is 36.1. The van der Waals surface area contributed by atoms with Crippen LogP contribution in [0.2, 0.25) is 0 Å². The summed E-state index contributed by atoms with van der Waals surface area (Å²) in [6.07, 6.45) is 0.936. The molecule has 1 nitrogen and oxygen atoms in total. The summed E-state index contributed by atoms with van der Waals surface area (Å²) in [4.78, 5) is 0.223. The molecule has 1 aliphatic rings. The fourth-order valence-corrected chi connectivity index (χ4v) is 2.05. The van der Waals surface area contributed by atoms with Crippen LogP contribution >= 0.6 is 11.8 Å². The van der Waals surface area contributed by atoms with Crippen molar-refractivity contribution >= 4 is 11.8 Å². The van der Waals surface area contributed by atoms with E-state index in [0.717, 1.165) is 12.0 Å². The highest BCUT2D eigenvalue weighted by molar-refractivity contribution is 8.00. The van der Waals surface area contributed by atoms with Gasteiger partial charge in [-0.3, -0.25) is 0 Å². The Kier molecular flexibility index (Phi) is 2.68. The van der Waals surface area contributed by atoms with Gasteiger partial charge in [0.1, 0.15) is 0 Å². The fraction of sp³-hybridized carbons (Fsp3) is 0.400. The first-order chi connectivity index (χ1) is 6.96. The first-order valence-corrected chi connectivity index (χ1v) is 5.38. The van der Waals surface area contributed by atoms with Crippen molar-refractivity contribution in [1.29, 1.82) is 0 Å².